The molecule has 2 aromatic carbocycles. The fourth-order valence-electron chi connectivity index (χ4n) is 3.17. The zero-order valence-electron chi connectivity index (χ0n) is 17.8. The van der Waals surface area contributed by atoms with Crippen LogP contribution in [0.3, 0.4) is 0 Å². The number of rotatable bonds is 11. The molecule has 0 heterocycles. The highest BCUT2D eigenvalue weighted by molar-refractivity contribution is 14.1. The highest BCUT2D eigenvalue weighted by atomic mass is 127. The average Bonchev–Trinajstić information content (AvgIpc) is 2.72. The number of nitrogens with zero attached hydrogens (tertiary/aromatic N) is 2. The summed E-state index contributed by atoms with van der Waals surface area (Å²) in [6.07, 6.45) is 2.35. The van der Waals surface area contributed by atoms with Gasteiger partial charge in [0.25, 0.3) is 10.0 Å². The second-order valence-corrected chi connectivity index (χ2v) is 10.1. The van der Waals surface area contributed by atoms with Crippen molar-refractivity contribution in [1.82, 2.24) is 14.5 Å². The Morgan fingerprint density at radius 3 is 2.40 bits per heavy atom. The van der Waals surface area contributed by atoms with Crippen molar-refractivity contribution in [2.24, 2.45) is 5.73 Å². The molecule has 0 radical (unpaired) electrons. The molecule has 2 aromatic rings. The van der Waals surface area contributed by atoms with E-state index in [1.807, 2.05) is 18.2 Å². The standard InChI is InChI=1S/C22H31IN4O2S/c1-26(2)15-21(12-18-8-5-4-6-9-18)20-11-7-10-19(13-20)14-25-30(28,29)22(24)16-27(3)17-23/h4-11,13,16,21,25H,12,14-15,17,24H2,1-3H3/b22-16+. The minimum absolute atomic E-state index is 0.188. The third-order valence-electron chi connectivity index (χ3n) is 4.65. The third-order valence-corrected chi connectivity index (χ3v) is 6.97. The minimum atomic E-state index is -3.73. The second kappa shape index (κ2) is 11.7. The molecule has 0 saturated carbocycles. The van der Waals surface area contributed by atoms with Gasteiger partial charge >= 0.3 is 0 Å². The van der Waals surface area contributed by atoms with E-state index in [1.165, 1.54) is 17.3 Å². The van der Waals surface area contributed by atoms with E-state index < -0.39 is 10.0 Å². The van der Waals surface area contributed by atoms with Gasteiger partial charge in [-0.3, -0.25) is 0 Å². The molecule has 1 atom stereocenters. The summed E-state index contributed by atoms with van der Waals surface area (Å²) in [5, 5.41) is -0.188. The molecule has 0 aromatic heterocycles. The number of hydrogen-bond donors (Lipinski definition) is 2. The Morgan fingerprint density at radius 2 is 1.77 bits per heavy atom. The molecule has 0 amide bonds. The maximum absolute atomic E-state index is 12.4. The van der Waals surface area contributed by atoms with Crippen molar-refractivity contribution in [3.63, 3.8) is 0 Å². The molecule has 0 bridgehead atoms. The summed E-state index contributed by atoms with van der Waals surface area (Å²) in [4.78, 5) is 3.89. The van der Waals surface area contributed by atoms with E-state index in [0.29, 0.717) is 10.5 Å². The van der Waals surface area contributed by atoms with E-state index in [9.17, 15) is 8.42 Å². The lowest BCUT2D eigenvalue weighted by Crippen LogP contribution is -2.29. The quantitative estimate of drug-likeness (QED) is 0.259. The summed E-state index contributed by atoms with van der Waals surface area (Å²) in [5.41, 5.74) is 9.15. The summed E-state index contributed by atoms with van der Waals surface area (Å²) in [6.45, 7) is 1.10. The molecule has 6 nitrogen and oxygen atoms in total. The van der Waals surface area contributed by atoms with Crippen molar-refractivity contribution < 1.29 is 8.42 Å². The summed E-state index contributed by atoms with van der Waals surface area (Å²) in [7, 11) is 2.18. The Balaban J connectivity index is 2.15. The van der Waals surface area contributed by atoms with Crippen LogP contribution in [0.25, 0.3) is 0 Å². The van der Waals surface area contributed by atoms with Crippen LogP contribution < -0.4 is 10.5 Å². The smallest absolute Gasteiger partial charge is 0.257 e. The Labute approximate surface area is 194 Å². The molecule has 8 heteroatoms. The third kappa shape index (κ3) is 7.90. The second-order valence-electron chi connectivity index (χ2n) is 7.63. The first kappa shape index (κ1) is 24.6. The first-order valence-electron chi connectivity index (χ1n) is 9.72. The average molecular weight is 542 g/mol. The number of benzene rings is 2. The van der Waals surface area contributed by atoms with Crippen molar-refractivity contribution in [3.05, 3.63) is 82.5 Å². The van der Waals surface area contributed by atoms with Gasteiger partial charge in [-0.2, -0.15) is 0 Å². The fourth-order valence-corrected chi connectivity index (χ4v) is 4.21. The summed E-state index contributed by atoms with van der Waals surface area (Å²) in [6, 6.07) is 18.5. The van der Waals surface area contributed by atoms with Crippen LogP contribution in [-0.2, 0) is 23.0 Å². The van der Waals surface area contributed by atoms with E-state index in [1.54, 1.807) is 11.9 Å². The van der Waals surface area contributed by atoms with Crippen LogP contribution in [0.15, 0.2) is 65.8 Å². The zero-order valence-corrected chi connectivity index (χ0v) is 20.7. The Hall–Kier alpha value is -1.62. The number of nitrogens with one attached hydrogen (secondary N) is 1. The molecule has 0 aliphatic heterocycles. The normalized spacial score (nSPS) is 13.4. The summed E-state index contributed by atoms with van der Waals surface area (Å²) in [5.74, 6) is 0.307. The zero-order chi connectivity index (χ0) is 22.1. The van der Waals surface area contributed by atoms with Gasteiger partial charge in [0, 0.05) is 32.3 Å². The van der Waals surface area contributed by atoms with E-state index in [4.69, 9.17) is 5.73 Å². The lowest BCUT2D eigenvalue weighted by Gasteiger charge is -2.22. The Bertz CT molecular complexity index is 933. The van der Waals surface area contributed by atoms with Crippen molar-refractivity contribution in [2.45, 2.75) is 18.9 Å². The van der Waals surface area contributed by atoms with Gasteiger partial charge in [0.05, 0.1) is 4.55 Å². The van der Waals surface area contributed by atoms with Gasteiger partial charge in [-0.05, 0) is 37.2 Å². The Kier molecular flexibility index (Phi) is 9.60. The predicted molar refractivity (Wildman–Crippen MR) is 133 cm³/mol. The van der Waals surface area contributed by atoms with Gasteiger partial charge in [0.1, 0.15) is 0 Å². The minimum Gasteiger partial charge on any atom is -0.387 e. The van der Waals surface area contributed by atoms with Crippen molar-refractivity contribution >= 4 is 32.6 Å². The van der Waals surface area contributed by atoms with Crippen LogP contribution in [0.5, 0.6) is 0 Å². The SMILES string of the molecule is CN(C)CC(Cc1ccccc1)c1cccc(CNS(=O)(=O)/C(N)=C/N(C)CI)c1. The summed E-state index contributed by atoms with van der Waals surface area (Å²) < 4.78 is 28.1. The van der Waals surface area contributed by atoms with E-state index >= 15 is 0 Å². The predicted octanol–water partition coefficient (Wildman–Crippen LogP) is 3.08. The van der Waals surface area contributed by atoms with Crippen LogP contribution >= 0.6 is 22.6 Å². The first-order chi connectivity index (χ1) is 14.2. The first-order valence-corrected chi connectivity index (χ1v) is 12.7. The molecule has 0 aliphatic rings. The van der Waals surface area contributed by atoms with Gasteiger partial charge < -0.3 is 15.5 Å². The number of hydrogen-bond acceptors (Lipinski definition) is 5. The molecule has 164 valence electrons. The van der Waals surface area contributed by atoms with Gasteiger partial charge in [-0.1, -0.05) is 77.2 Å². The molecular formula is C22H31IN4O2S. The van der Waals surface area contributed by atoms with E-state index in [2.05, 4.69) is 82.7 Å². The topological polar surface area (TPSA) is 78.7 Å². The molecule has 0 aliphatic carbocycles. The van der Waals surface area contributed by atoms with Crippen LogP contribution in [0.4, 0.5) is 0 Å². The summed E-state index contributed by atoms with van der Waals surface area (Å²) >= 11 is 2.14. The monoisotopic (exact) mass is 542 g/mol. The van der Waals surface area contributed by atoms with Crippen molar-refractivity contribution in [2.75, 3.05) is 32.2 Å². The number of likely N-dealkylation sites (N-methyl/N-ethyl adjacent to an activating group) is 1. The maximum Gasteiger partial charge on any atom is 0.257 e. The molecule has 0 fully saturated rings. The molecule has 30 heavy (non-hydrogen) atoms. The van der Waals surface area contributed by atoms with E-state index in [-0.39, 0.29) is 11.6 Å². The highest BCUT2D eigenvalue weighted by Gasteiger charge is 2.17. The number of alkyl halides is 1. The lowest BCUT2D eigenvalue weighted by atomic mass is 9.90. The highest BCUT2D eigenvalue weighted by Crippen LogP contribution is 2.23. The fraction of sp³-hybridized carbons (Fsp3) is 0.364. The van der Waals surface area contributed by atoms with Gasteiger partial charge in [0.2, 0.25) is 0 Å². The molecule has 1 unspecified atom stereocenters. The number of nitrogens with two attached hydrogens (primary N) is 1. The van der Waals surface area contributed by atoms with Crippen LogP contribution in [0.2, 0.25) is 0 Å². The number of halogens is 1. The lowest BCUT2D eigenvalue weighted by molar-refractivity contribution is 0.371. The Morgan fingerprint density at radius 1 is 1.10 bits per heavy atom. The van der Waals surface area contributed by atoms with Crippen LogP contribution in [0.1, 0.15) is 22.6 Å². The van der Waals surface area contributed by atoms with Crippen LogP contribution in [-0.4, -0.2) is 50.5 Å². The molecule has 0 saturated heterocycles. The molecule has 3 N–H and O–H groups in total. The van der Waals surface area contributed by atoms with Gasteiger partial charge in [-0.15, -0.1) is 0 Å². The van der Waals surface area contributed by atoms with E-state index in [0.717, 1.165) is 18.5 Å². The maximum atomic E-state index is 12.4. The molecular weight excluding hydrogens is 511 g/mol. The molecule has 0 spiro atoms. The van der Waals surface area contributed by atoms with Gasteiger partial charge in [-0.25, -0.2) is 13.1 Å². The van der Waals surface area contributed by atoms with Gasteiger partial charge in [0.15, 0.2) is 5.03 Å². The molecule has 2 rings (SSSR count). The van der Waals surface area contributed by atoms with Crippen molar-refractivity contribution in [1.29, 1.82) is 0 Å². The van der Waals surface area contributed by atoms with Crippen molar-refractivity contribution in [3.8, 4) is 0 Å². The number of sulfonamides is 1. The van der Waals surface area contributed by atoms with Crippen LogP contribution in [0, 0.1) is 0 Å². The largest absolute Gasteiger partial charge is 0.387 e.